The molecule has 3 aromatic carbocycles. The number of piperidine rings is 2. The summed E-state index contributed by atoms with van der Waals surface area (Å²) in [5.41, 5.74) is 3.41. The van der Waals surface area contributed by atoms with Crippen LogP contribution < -0.4 is 24.8 Å². The Hall–Kier alpha value is -5.21. The molecule has 3 amide bonds. The Kier molecular flexibility index (Phi) is 12.8. The number of β-lactam (4-membered cyclic amide) rings is 1. The molecule has 0 spiro atoms. The molecule has 0 saturated carbocycles. The van der Waals surface area contributed by atoms with Gasteiger partial charge in [0.15, 0.2) is 0 Å². The molecule has 0 aromatic heterocycles. The van der Waals surface area contributed by atoms with Crippen LogP contribution in [0.1, 0.15) is 79.9 Å². The summed E-state index contributed by atoms with van der Waals surface area (Å²) >= 11 is 0. The lowest BCUT2D eigenvalue weighted by Gasteiger charge is -2.53. The molecule has 5 aliphatic rings. The first-order valence-corrected chi connectivity index (χ1v) is 22.4. The van der Waals surface area contributed by atoms with Crippen LogP contribution >= 0.6 is 0 Å². The van der Waals surface area contributed by atoms with Crippen LogP contribution in [0, 0.1) is 23.1 Å². The van der Waals surface area contributed by atoms with Crippen molar-refractivity contribution in [1.82, 2.24) is 20.0 Å². The first-order valence-electron chi connectivity index (χ1n) is 22.4. The van der Waals surface area contributed by atoms with E-state index in [1.165, 1.54) is 6.07 Å². The van der Waals surface area contributed by atoms with Gasteiger partial charge < -0.3 is 44.5 Å². The SMILES string of the molecule is CNC(=O)C(CCC=O)N1Cc2cc(N3CCC(CN4CCN(CC5CCN(c6cc(OC)c(C7N(c8ccccc8O)C(=O)C7(C)C)cc6F)CC5)CC4)CC3)ccc2C1=O. The van der Waals surface area contributed by atoms with Crippen molar-refractivity contribution >= 4 is 41.1 Å². The molecule has 0 radical (unpaired) electrons. The number of phenols is 1. The summed E-state index contributed by atoms with van der Waals surface area (Å²) in [6.45, 7) is 14.0. The molecule has 2 unspecified atom stereocenters. The van der Waals surface area contributed by atoms with Crippen molar-refractivity contribution < 1.29 is 33.4 Å². The number of amides is 3. The Labute approximate surface area is 364 Å². The van der Waals surface area contributed by atoms with Gasteiger partial charge >= 0.3 is 0 Å². The zero-order valence-corrected chi connectivity index (χ0v) is 36.7. The number of nitrogens with one attached hydrogen (secondary N) is 1. The maximum Gasteiger partial charge on any atom is 0.255 e. The molecule has 332 valence electrons. The number of likely N-dealkylation sites (N-methyl/N-ethyl adjacent to an activating group) is 1. The number of para-hydroxylation sites is 2. The summed E-state index contributed by atoms with van der Waals surface area (Å²) in [4.78, 5) is 63.1. The molecule has 0 bridgehead atoms. The van der Waals surface area contributed by atoms with Crippen molar-refractivity contribution in [2.45, 2.75) is 71.0 Å². The first-order chi connectivity index (χ1) is 29.9. The minimum Gasteiger partial charge on any atom is -0.506 e. The quantitative estimate of drug-likeness (QED) is 0.160. The summed E-state index contributed by atoms with van der Waals surface area (Å²) in [6, 6.07) is 14.9. The summed E-state index contributed by atoms with van der Waals surface area (Å²) in [6.07, 6.45) is 5.55. The van der Waals surface area contributed by atoms with Crippen LogP contribution in [0.2, 0.25) is 0 Å². The second-order valence-corrected chi connectivity index (χ2v) is 18.4. The molecular weight excluding hydrogens is 790 g/mol. The van der Waals surface area contributed by atoms with E-state index in [4.69, 9.17) is 4.74 Å². The molecule has 5 aliphatic heterocycles. The van der Waals surface area contributed by atoms with Gasteiger partial charge in [-0.15, -0.1) is 0 Å². The number of rotatable bonds is 14. The number of aromatic hydroxyl groups is 1. The number of aldehydes is 1. The number of carbonyl (C=O) groups is 4. The molecule has 2 atom stereocenters. The average Bonchev–Trinajstić information content (AvgIpc) is 3.61. The predicted octanol–water partition coefficient (Wildman–Crippen LogP) is 5.45. The van der Waals surface area contributed by atoms with E-state index in [0.717, 1.165) is 109 Å². The van der Waals surface area contributed by atoms with E-state index in [-0.39, 0.29) is 35.7 Å². The standard InChI is InChI=1S/C48H62FN7O6/c1-48(2)44(56(47(48)61)39-8-5-6-10-42(39)58)37-27-38(49)41(28-43(37)62-4)54-19-15-33(16-20-54)30-52-23-21-51(22-24-52)29-32-13-17-53(18-14-32)35-11-12-36-34(26-35)31-55(46(36)60)40(9-7-25-57)45(59)50-3/h5-6,8,10-12,25-28,32-33,40,44,58H,7,9,13-24,29-31H2,1-4H3,(H,50,59). The van der Waals surface area contributed by atoms with Crippen LogP contribution in [0.3, 0.4) is 0 Å². The molecule has 8 rings (SSSR count). The highest BCUT2D eigenvalue weighted by Gasteiger charge is 2.57. The lowest BCUT2D eigenvalue weighted by Crippen LogP contribution is -2.61. The monoisotopic (exact) mass is 851 g/mol. The normalized spacial score (nSPS) is 21.8. The summed E-state index contributed by atoms with van der Waals surface area (Å²) in [5.74, 6) is 0.873. The first kappa shape index (κ1) is 43.4. The van der Waals surface area contributed by atoms with Gasteiger partial charge in [-0.25, -0.2) is 4.39 Å². The zero-order valence-electron chi connectivity index (χ0n) is 36.7. The maximum atomic E-state index is 16.1. The lowest BCUT2D eigenvalue weighted by atomic mass is 9.70. The van der Waals surface area contributed by atoms with E-state index in [9.17, 15) is 24.3 Å². The molecule has 2 N–H and O–H groups in total. The molecule has 14 heteroatoms. The Morgan fingerprint density at radius 1 is 0.887 bits per heavy atom. The highest BCUT2D eigenvalue weighted by atomic mass is 19.1. The van der Waals surface area contributed by atoms with E-state index in [0.29, 0.717) is 53.1 Å². The fourth-order valence-corrected chi connectivity index (χ4v) is 10.7. The second kappa shape index (κ2) is 18.3. The van der Waals surface area contributed by atoms with E-state index in [2.05, 4.69) is 31.0 Å². The van der Waals surface area contributed by atoms with Crippen molar-refractivity contribution in [1.29, 1.82) is 0 Å². The fraction of sp³-hybridized carbons (Fsp3) is 0.542. The van der Waals surface area contributed by atoms with Crippen molar-refractivity contribution in [2.75, 3.05) is 94.3 Å². The highest BCUT2D eigenvalue weighted by Crippen LogP contribution is 2.55. The average molecular weight is 852 g/mol. The molecule has 4 fully saturated rings. The molecule has 4 saturated heterocycles. The molecule has 0 aliphatic carbocycles. The van der Waals surface area contributed by atoms with Gasteiger partial charge in [0.05, 0.1) is 29.9 Å². The number of hydrogen-bond donors (Lipinski definition) is 2. The fourth-order valence-electron chi connectivity index (χ4n) is 10.7. The van der Waals surface area contributed by atoms with E-state index in [1.54, 1.807) is 54.3 Å². The van der Waals surface area contributed by atoms with Crippen LogP contribution in [0.25, 0.3) is 0 Å². The summed E-state index contributed by atoms with van der Waals surface area (Å²) in [5, 5.41) is 13.2. The Morgan fingerprint density at radius 3 is 2.11 bits per heavy atom. The van der Waals surface area contributed by atoms with E-state index in [1.807, 2.05) is 26.0 Å². The van der Waals surface area contributed by atoms with Gasteiger partial charge in [-0.2, -0.15) is 0 Å². The minimum atomic E-state index is -0.798. The van der Waals surface area contributed by atoms with Crippen LogP contribution in [0.4, 0.5) is 21.5 Å². The zero-order chi connectivity index (χ0) is 43.7. The molecular formula is C48H62FN7O6. The van der Waals surface area contributed by atoms with Gasteiger partial charge in [0, 0.05) is 108 Å². The van der Waals surface area contributed by atoms with E-state index < -0.39 is 17.5 Å². The molecule has 13 nitrogen and oxygen atoms in total. The Bertz CT molecular complexity index is 2140. The molecule has 62 heavy (non-hydrogen) atoms. The highest BCUT2D eigenvalue weighted by molar-refractivity contribution is 6.07. The van der Waals surface area contributed by atoms with Crippen LogP contribution in [-0.2, 0) is 20.9 Å². The number of anilines is 3. The van der Waals surface area contributed by atoms with Crippen LogP contribution in [-0.4, -0.2) is 129 Å². The number of fused-ring (bicyclic) bond motifs is 1. The number of nitrogens with zero attached hydrogens (tertiary/aromatic N) is 6. The second-order valence-electron chi connectivity index (χ2n) is 18.4. The van der Waals surface area contributed by atoms with Crippen molar-refractivity contribution in [3.05, 3.63) is 77.1 Å². The van der Waals surface area contributed by atoms with Gasteiger partial charge in [0.2, 0.25) is 11.8 Å². The Morgan fingerprint density at radius 2 is 1.52 bits per heavy atom. The number of piperazine rings is 1. The predicted molar refractivity (Wildman–Crippen MR) is 237 cm³/mol. The van der Waals surface area contributed by atoms with Crippen LogP contribution in [0.5, 0.6) is 11.5 Å². The van der Waals surface area contributed by atoms with Gasteiger partial charge in [-0.3, -0.25) is 19.3 Å². The van der Waals surface area contributed by atoms with Gasteiger partial charge in [0.25, 0.3) is 5.91 Å². The van der Waals surface area contributed by atoms with Crippen molar-refractivity contribution in [3.8, 4) is 11.5 Å². The number of phenolic OH excluding ortho intramolecular Hbond substituents is 1. The smallest absolute Gasteiger partial charge is 0.255 e. The van der Waals surface area contributed by atoms with Gasteiger partial charge in [-0.1, -0.05) is 12.1 Å². The number of carbonyl (C=O) groups excluding carboxylic acids is 4. The summed E-state index contributed by atoms with van der Waals surface area (Å²) < 4.78 is 21.9. The number of methoxy groups -OCH3 is 1. The number of halogens is 1. The maximum absolute atomic E-state index is 16.1. The third kappa shape index (κ3) is 8.47. The largest absolute Gasteiger partial charge is 0.506 e. The number of benzene rings is 3. The van der Waals surface area contributed by atoms with Crippen molar-refractivity contribution in [3.63, 3.8) is 0 Å². The van der Waals surface area contributed by atoms with Crippen LogP contribution in [0.15, 0.2) is 54.6 Å². The van der Waals surface area contributed by atoms with Crippen molar-refractivity contribution in [2.24, 2.45) is 17.3 Å². The third-order valence-corrected chi connectivity index (χ3v) is 14.3. The molecule has 5 heterocycles. The minimum absolute atomic E-state index is 0.00295. The number of hydrogen-bond acceptors (Lipinski definition) is 10. The van der Waals surface area contributed by atoms with Gasteiger partial charge in [0.1, 0.15) is 29.6 Å². The lowest BCUT2D eigenvalue weighted by molar-refractivity contribution is -0.137. The van der Waals surface area contributed by atoms with E-state index >= 15 is 4.39 Å². The summed E-state index contributed by atoms with van der Waals surface area (Å²) in [7, 11) is 3.14. The topological polar surface area (TPSA) is 129 Å². The van der Waals surface area contributed by atoms with Gasteiger partial charge in [-0.05, 0) is 99.7 Å². The molecule has 3 aromatic rings. The Balaban J connectivity index is 0.783. The third-order valence-electron chi connectivity index (χ3n) is 14.3. The number of ether oxygens (including phenoxy) is 1.